The van der Waals surface area contributed by atoms with E-state index in [1.54, 1.807) is 0 Å². The van der Waals surface area contributed by atoms with Gasteiger partial charge in [0.15, 0.2) is 0 Å². The molecule has 0 aliphatic carbocycles. The van der Waals surface area contributed by atoms with E-state index in [0.717, 1.165) is 29.6 Å². The molecule has 0 unspecified atom stereocenters. The molecule has 2 nitrogen and oxygen atoms in total. The van der Waals surface area contributed by atoms with Crippen molar-refractivity contribution in [2.45, 2.75) is 18.3 Å². The molecule has 0 N–H and O–H groups in total. The highest BCUT2D eigenvalue weighted by Crippen LogP contribution is 2.53. The van der Waals surface area contributed by atoms with Crippen molar-refractivity contribution in [3.05, 3.63) is 58.6 Å². The Kier molecular flexibility index (Phi) is 2.82. The molecule has 4 rings (SSSR count). The van der Waals surface area contributed by atoms with Gasteiger partial charge in [0.05, 0.1) is 0 Å². The van der Waals surface area contributed by atoms with E-state index in [4.69, 9.17) is 16.3 Å². The van der Waals surface area contributed by atoms with Crippen molar-refractivity contribution in [2.24, 2.45) is 0 Å². The van der Waals surface area contributed by atoms with Crippen LogP contribution in [0, 0.1) is 0 Å². The summed E-state index contributed by atoms with van der Waals surface area (Å²) in [6.45, 7) is 4.41. The number of fused-ring (bicyclic) bond motifs is 5. The molecule has 108 valence electrons. The quantitative estimate of drug-likeness (QED) is 0.713. The van der Waals surface area contributed by atoms with Crippen molar-refractivity contribution in [3.63, 3.8) is 0 Å². The lowest BCUT2D eigenvalue weighted by molar-refractivity contribution is 0.375. The molecule has 0 bridgehead atoms. The normalized spacial score (nSPS) is 27.3. The van der Waals surface area contributed by atoms with E-state index in [-0.39, 0.29) is 5.41 Å². The Morgan fingerprint density at radius 1 is 1.19 bits per heavy atom. The predicted octanol–water partition coefficient (Wildman–Crippen LogP) is 4.43. The van der Waals surface area contributed by atoms with Crippen LogP contribution in [0.25, 0.3) is 0 Å². The van der Waals surface area contributed by atoms with Crippen molar-refractivity contribution >= 4 is 11.6 Å². The summed E-state index contributed by atoms with van der Waals surface area (Å²) in [5, 5.41) is 0.778. The van der Waals surface area contributed by atoms with Gasteiger partial charge < -0.3 is 9.64 Å². The number of likely N-dealkylation sites (N-methyl/N-ethyl adjacent to an activating group) is 1. The second-order valence-corrected chi connectivity index (χ2v) is 6.88. The Hall–Kier alpha value is -1.51. The average Bonchev–Trinajstić information content (AvgIpc) is 2.73. The van der Waals surface area contributed by atoms with Crippen molar-refractivity contribution in [1.29, 1.82) is 0 Å². The number of hydrogen-bond donors (Lipinski definition) is 0. The maximum absolute atomic E-state index is 6.24. The summed E-state index contributed by atoms with van der Waals surface area (Å²) in [4.78, 5) is 2.40. The fourth-order valence-corrected chi connectivity index (χ4v) is 4.17. The Morgan fingerprint density at radius 3 is 2.86 bits per heavy atom. The lowest BCUT2D eigenvalue weighted by atomic mass is 9.71. The number of rotatable bonds is 0. The van der Waals surface area contributed by atoms with Crippen LogP contribution >= 0.6 is 11.6 Å². The van der Waals surface area contributed by atoms with Gasteiger partial charge in [0.25, 0.3) is 0 Å². The van der Waals surface area contributed by atoms with Crippen LogP contribution in [0.3, 0.4) is 0 Å². The Morgan fingerprint density at radius 2 is 2.00 bits per heavy atom. The van der Waals surface area contributed by atoms with Crippen LogP contribution in [0.15, 0.2) is 42.5 Å². The lowest BCUT2D eigenvalue weighted by Gasteiger charge is -2.30. The molecule has 2 aromatic carbocycles. The molecule has 0 aromatic heterocycles. The largest absolute Gasteiger partial charge is 0.457 e. The molecule has 1 saturated heterocycles. The Balaban J connectivity index is 2.00. The van der Waals surface area contributed by atoms with E-state index in [2.05, 4.69) is 43.1 Å². The van der Waals surface area contributed by atoms with Crippen molar-refractivity contribution < 1.29 is 4.74 Å². The number of benzene rings is 2. The zero-order valence-corrected chi connectivity index (χ0v) is 13.0. The fraction of sp³-hybridized carbons (Fsp3) is 0.333. The summed E-state index contributed by atoms with van der Waals surface area (Å²) in [6, 6.07) is 14.4. The molecule has 0 saturated carbocycles. The van der Waals surface area contributed by atoms with Crippen LogP contribution in [-0.2, 0) is 5.41 Å². The maximum atomic E-state index is 6.24. The van der Waals surface area contributed by atoms with Crippen LogP contribution in [-0.4, -0.2) is 25.0 Å². The van der Waals surface area contributed by atoms with Gasteiger partial charge in [-0.05, 0) is 31.3 Å². The van der Waals surface area contributed by atoms with E-state index >= 15 is 0 Å². The fourth-order valence-electron chi connectivity index (χ4n) is 3.99. The standard InChI is InChI=1S/C18H18ClNO/c1-18-11-20(2)10-15(18)13-9-12(19)7-8-16(13)21-17-6-4-3-5-14(17)18/h3-9,15H,10-11H2,1-2H3/t15-,18-/m0/s1. The number of halogens is 1. The minimum absolute atomic E-state index is 0.0568. The first-order valence-electron chi connectivity index (χ1n) is 7.33. The Bertz CT molecular complexity index is 714. The van der Waals surface area contributed by atoms with Gasteiger partial charge in [0.1, 0.15) is 11.5 Å². The van der Waals surface area contributed by atoms with Gasteiger partial charge >= 0.3 is 0 Å². The molecule has 0 radical (unpaired) electrons. The Labute approximate surface area is 130 Å². The first-order valence-corrected chi connectivity index (χ1v) is 7.71. The summed E-state index contributed by atoms with van der Waals surface area (Å²) < 4.78 is 6.22. The number of ether oxygens (including phenoxy) is 1. The minimum atomic E-state index is 0.0568. The number of hydrogen-bond acceptors (Lipinski definition) is 2. The predicted molar refractivity (Wildman–Crippen MR) is 85.6 cm³/mol. The maximum Gasteiger partial charge on any atom is 0.131 e. The molecule has 3 heteroatoms. The van der Waals surface area contributed by atoms with E-state index in [1.807, 2.05) is 18.2 Å². The molecule has 2 aliphatic rings. The molecule has 2 aromatic rings. The zero-order valence-electron chi connectivity index (χ0n) is 12.3. The van der Waals surface area contributed by atoms with Crippen LogP contribution in [0.4, 0.5) is 0 Å². The smallest absolute Gasteiger partial charge is 0.131 e. The third kappa shape index (κ3) is 1.90. The summed E-state index contributed by atoms with van der Waals surface area (Å²) >= 11 is 6.24. The molecule has 2 heterocycles. The molecule has 1 fully saturated rings. The lowest BCUT2D eigenvalue weighted by Crippen LogP contribution is -2.29. The van der Waals surface area contributed by atoms with E-state index in [0.29, 0.717) is 5.92 Å². The highest BCUT2D eigenvalue weighted by atomic mass is 35.5. The highest BCUT2D eigenvalue weighted by Gasteiger charge is 2.47. The van der Waals surface area contributed by atoms with Crippen LogP contribution in [0.1, 0.15) is 24.0 Å². The summed E-state index contributed by atoms with van der Waals surface area (Å²) in [6.07, 6.45) is 0. The molecule has 2 aliphatic heterocycles. The first kappa shape index (κ1) is 13.2. The average molecular weight is 300 g/mol. The van der Waals surface area contributed by atoms with Crippen LogP contribution in [0.2, 0.25) is 5.02 Å². The second-order valence-electron chi connectivity index (χ2n) is 6.45. The first-order chi connectivity index (χ1) is 10.1. The van der Waals surface area contributed by atoms with Gasteiger partial charge in [-0.1, -0.05) is 36.7 Å². The van der Waals surface area contributed by atoms with Gasteiger partial charge in [-0.15, -0.1) is 0 Å². The van der Waals surface area contributed by atoms with Gasteiger partial charge in [0, 0.05) is 40.6 Å². The van der Waals surface area contributed by atoms with Crippen molar-refractivity contribution in [3.8, 4) is 11.5 Å². The number of para-hydroxylation sites is 1. The van der Waals surface area contributed by atoms with Crippen LogP contribution < -0.4 is 4.74 Å². The van der Waals surface area contributed by atoms with Gasteiger partial charge in [-0.3, -0.25) is 0 Å². The highest BCUT2D eigenvalue weighted by molar-refractivity contribution is 6.30. The minimum Gasteiger partial charge on any atom is -0.457 e. The molecule has 0 spiro atoms. The number of nitrogens with zero attached hydrogens (tertiary/aromatic N) is 1. The summed E-state index contributed by atoms with van der Waals surface area (Å²) in [5.74, 6) is 2.32. The van der Waals surface area contributed by atoms with Crippen LogP contribution in [0.5, 0.6) is 11.5 Å². The molecular formula is C18H18ClNO. The molecular weight excluding hydrogens is 282 g/mol. The van der Waals surface area contributed by atoms with Gasteiger partial charge in [-0.2, -0.15) is 0 Å². The van der Waals surface area contributed by atoms with Crippen molar-refractivity contribution in [1.82, 2.24) is 4.90 Å². The van der Waals surface area contributed by atoms with E-state index in [1.165, 1.54) is 11.1 Å². The van der Waals surface area contributed by atoms with Gasteiger partial charge in [-0.25, -0.2) is 0 Å². The number of likely N-dealkylation sites (tertiary alicyclic amines) is 1. The molecule has 0 amide bonds. The zero-order chi connectivity index (χ0) is 14.6. The second kappa shape index (κ2) is 4.49. The van der Waals surface area contributed by atoms with E-state index in [9.17, 15) is 0 Å². The molecule has 2 atom stereocenters. The monoisotopic (exact) mass is 299 g/mol. The SMILES string of the molecule is CN1C[C@H]2c3cc(Cl)ccc3Oc3ccccc3[C@]2(C)C1. The topological polar surface area (TPSA) is 12.5 Å². The van der Waals surface area contributed by atoms with E-state index < -0.39 is 0 Å². The van der Waals surface area contributed by atoms with Crippen molar-refractivity contribution in [2.75, 3.05) is 20.1 Å². The summed E-state index contributed by atoms with van der Waals surface area (Å²) in [7, 11) is 2.19. The summed E-state index contributed by atoms with van der Waals surface area (Å²) in [5.41, 5.74) is 2.58. The third-order valence-corrected chi connectivity index (χ3v) is 5.17. The third-order valence-electron chi connectivity index (χ3n) is 4.93. The van der Waals surface area contributed by atoms with Gasteiger partial charge in [0.2, 0.25) is 0 Å². The molecule has 21 heavy (non-hydrogen) atoms.